The molecule has 4 nitrogen and oxygen atoms in total. The van der Waals surface area contributed by atoms with Crippen LogP contribution < -0.4 is 9.47 Å². The number of nitriles is 1. The van der Waals surface area contributed by atoms with Crippen LogP contribution in [0.4, 0.5) is 0 Å². The van der Waals surface area contributed by atoms with Gasteiger partial charge in [-0.25, -0.2) is 4.79 Å². The molecular formula is C25H19NO3. The van der Waals surface area contributed by atoms with Crippen molar-refractivity contribution in [1.82, 2.24) is 0 Å². The summed E-state index contributed by atoms with van der Waals surface area (Å²) < 4.78 is 11.0. The van der Waals surface area contributed by atoms with Gasteiger partial charge in [-0.15, -0.1) is 0 Å². The van der Waals surface area contributed by atoms with Crippen molar-refractivity contribution >= 4 is 23.7 Å². The molecule has 142 valence electrons. The second-order valence-corrected chi connectivity index (χ2v) is 6.10. The van der Waals surface area contributed by atoms with Gasteiger partial charge in [-0.05, 0) is 41.0 Å². The van der Waals surface area contributed by atoms with Gasteiger partial charge in [0.2, 0.25) is 0 Å². The smallest absolute Gasteiger partial charge is 0.344 e. The summed E-state index contributed by atoms with van der Waals surface area (Å²) in [6.45, 7) is 0. The van der Waals surface area contributed by atoms with Crippen molar-refractivity contribution in [2.45, 2.75) is 0 Å². The van der Waals surface area contributed by atoms with Crippen LogP contribution in [0.15, 0.2) is 84.9 Å². The van der Waals surface area contributed by atoms with Crippen LogP contribution in [0, 0.1) is 11.3 Å². The Labute approximate surface area is 170 Å². The second-order valence-electron chi connectivity index (χ2n) is 6.10. The molecular weight excluding hydrogens is 362 g/mol. The first-order chi connectivity index (χ1) is 14.2. The van der Waals surface area contributed by atoms with Crippen molar-refractivity contribution in [3.05, 3.63) is 102 Å². The minimum Gasteiger partial charge on any atom is -0.493 e. The summed E-state index contributed by atoms with van der Waals surface area (Å²) in [5.74, 6) is 0.228. The number of carbonyl (C=O) groups is 1. The zero-order chi connectivity index (χ0) is 20.5. The van der Waals surface area contributed by atoms with Crippen LogP contribution in [0.5, 0.6) is 11.5 Å². The van der Waals surface area contributed by atoms with Crippen molar-refractivity contribution < 1.29 is 14.3 Å². The van der Waals surface area contributed by atoms with Crippen molar-refractivity contribution in [3.8, 4) is 17.6 Å². The van der Waals surface area contributed by atoms with E-state index in [0.717, 1.165) is 16.7 Å². The van der Waals surface area contributed by atoms with E-state index in [-0.39, 0.29) is 0 Å². The molecule has 0 saturated heterocycles. The molecule has 0 radical (unpaired) electrons. The quantitative estimate of drug-likeness (QED) is 0.189. The topological polar surface area (TPSA) is 59.3 Å². The number of benzene rings is 3. The van der Waals surface area contributed by atoms with E-state index in [1.165, 1.54) is 13.2 Å². The van der Waals surface area contributed by atoms with E-state index >= 15 is 0 Å². The molecule has 0 aliphatic rings. The fraction of sp³-hybridized carbons (Fsp3) is 0.0400. The number of carbonyl (C=O) groups excluding carboxylic acids is 1. The molecule has 0 saturated carbocycles. The van der Waals surface area contributed by atoms with Crippen LogP contribution in [0.25, 0.3) is 17.7 Å². The lowest BCUT2D eigenvalue weighted by atomic mass is 10.0. The number of ether oxygens (including phenoxy) is 2. The summed E-state index contributed by atoms with van der Waals surface area (Å²) in [7, 11) is 1.50. The van der Waals surface area contributed by atoms with Crippen LogP contribution in [0.1, 0.15) is 16.7 Å². The van der Waals surface area contributed by atoms with Gasteiger partial charge in [0.05, 0.1) is 18.8 Å². The lowest BCUT2D eigenvalue weighted by Gasteiger charge is -2.12. The van der Waals surface area contributed by atoms with E-state index in [1.54, 1.807) is 30.4 Å². The standard InChI is InChI=1S/C25H19NO3/c1-28-24-18-20(11-8-16-26)14-15-23(24)29-25(27)22(21-12-6-3-7-13-21)17-19-9-4-2-5-10-19/h2-15,17-18H,1H3/b11-8-,22-17+. The molecule has 3 aromatic carbocycles. The first-order valence-electron chi connectivity index (χ1n) is 9.00. The maximum atomic E-state index is 13.0. The van der Waals surface area contributed by atoms with Crippen molar-refractivity contribution in [2.75, 3.05) is 7.11 Å². The summed E-state index contributed by atoms with van der Waals surface area (Å²) in [4.78, 5) is 13.0. The van der Waals surface area contributed by atoms with Crippen LogP contribution in [-0.4, -0.2) is 13.1 Å². The van der Waals surface area contributed by atoms with E-state index in [4.69, 9.17) is 14.7 Å². The first kappa shape index (κ1) is 19.7. The Hall–Kier alpha value is -4.10. The molecule has 29 heavy (non-hydrogen) atoms. The van der Waals surface area contributed by atoms with Crippen LogP contribution in [-0.2, 0) is 4.79 Å². The van der Waals surface area contributed by atoms with Gasteiger partial charge in [0.1, 0.15) is 0 Å². The average molecular weight is 381 g/mol. The van der Waals surface area contributed by atoms with E-state index in [9.17, 15) is 4.79 Å². The molecule has 0 heterocycles. The van der Waals surface area contributed by atoms with Gasteiger partial charge >= 0.3 is 5.97 Å². The molecule has 0 bridgehead atoms. The summed E-state index contributed by atoms with van der Waals surface area (Å²) in [5.41, 5.74) is 2.86. The summed E-state index contributed by atoms with van der Waals surface area (Å²) in [5, 5.41) is 8.67. The number of methoxy groups -OCH3 is 1. The van der Waals surface area contributed by atoms with Crippen molar-refractivity contribution in [1.29, 1.82) is 5.26 Å². The number of esters is 1. The summed E-state index contributed by atoms with van der Waals surface area (Å²) in [6, 6.07) is 26.0. The lowest BCUT2D eigenvalue weighted by molar-refractivity contribution is -0.128. The van der Waals surface area contributed by atoms with E-state index in [2.05, 4.69) is 0 Å². The molecule has 0 N–H and O–H groups in total. The Balaban J connectivity index is 1.94. The third-order valence-corrected chi connectivity index (χ3v) is 4.16. The number of rotatable bonds is 6. The molecule has 0 aliphatic heterocycles. The highest BCUT2D eigenvalue weighted by atomic mass is 16.6. The van der Waals surface area contributed by atoms with Gasteiger partial charge in [0.15, 0.2) is 11.5 Å². The Bertz CT molecular complexity index is 1080. The Morgan fingerprint density at radius 3 is 2.24 bits per heavy atom. The number of nitrogens with zero attached hydrogens (tertiary/aromatic N) is 1. The summed E-state index contributed by atoms with van der Waals surface area (Å²) >= 11 is 0. The van der Waals surface area contributed by atoms with Gasteiger partial charge in [0.25, 0.3) is 0 Å². The van der Waals surface area contributed by atoms with Gasteiger partial charge in [0, 0.05) is 6.08 Å². The van der Waals surface area contributed by atoms with Gasteiger partial charge < -0.3 is 9.47 Å². The SMILES string of the molecule is COc1cc(/C=C\C#N)ccc1OC(=O)/C(=C/c1ccccc1)c1ccccc1. The van der Waals surface area contributed by atoms with Gasteiger partial charge in [-0.2, -0.15) is 5.26 Å². The zero-order valence-corrected chi connectivity index (χ0v) is 15.9. The fourth-order valence-electron chi connectivity index (χ4n) is 2.75. The minimum absolute atomic E-state index is 0.307. The Morgan fingerprint density at radius 1 is 0.897 bits per heavy atom. The molecule has 0 spiro atoms. The average Bonchev–Trinajstić information content (AvgIpc) is 2.78. The third kappa shape index (κ3) is 5.21. The highest BCUT2D eigenvalue weighted by Gasteiger charge is 2.17. The summed E-state index contributed by atoms with van der Waals surface area (Å²) in [6.07, 6.45) is 4.82. The fourth-order valence-corrected chi connectivity index (χ4v) is 2.75. The zero-order valence-electron chi connectivity index (χ0n) is 15.9. The predicted molar refractivity (Wildman–Crippen MR) is 114 cm³/mol. The Morgan fingerprint density at radius 2 is 1.59 bits per heavy atom. The molecule has 0 unspecified atom stereocenters. The molecule has 3 rings (SSSR count). The molecule has 0 amide bonds. The highest BCUT2D eigenvalue weighted by molar-refractivity contribution is 6.22. The largest absolute Gasteiger partial charge is 0.493 e. The van der Waals surface area contributed by atoms with Crippen LogP contribution in [0.2, 0.25) is 0 Å². The van der Waals surface area contributed by atoms with Crippen molar-refractivity contribution in [2.24, 2.45) is 0 Å². The predicted octanol–water partition coefficient (Wildman–Crippen LogP) is 5.38. The van der Waals surface area contributed by atoms with E-state index < -0.39 is 5.97 Å². The second kappa shape index (κ2) is 9.72. The van der Waals surface area contributed by atoms with E-state index in [1.807, 2.05) is 66.7 Å². The molecule has 3 aromatic rings. The van der Waals surface area contributed by atoms with Crippen molar-refractivity contribution in [3.63, 3.8) is 0 Å². The normalized spacial score (nSPS) is 11.1. The van der Waals surface area contributed by atoms with Gasteiger partial charge in [-0.1, -0.05) is 66.7 Å². The number of hydrogen-bond donors (Lipinski definition) is 0. The van der Waals surface area contributed by atoms with Crippen LogP contribution >= 0.6 is 0 Å². The molecule has 0 aliphatic carbocycles. The number of hydrogen-bond acceptors (Lipinski definition) is 4. The van der Waals surface area contributed by atoms with Crippen LogP contribution in [0.3, 0.4) is 0 Å². The molecule has 4 heteroatoms. The minimum atomic E-state index is -0.487. The monoisotopic (exact) mass is 381 g/mol. The van der Waals surface area contributed by atoms with E-state index in [0.29, 0.717) is 17.1 Å². The lowest BCUT2D eigenvalue weighted by Crippen LogP contribution is -2.11. The molecule has 0 aromatic heterocycles. The Kier molecular flexibility index (Phi) is 6.59. The molecule has 0 atom stereocenters. The molecule has 0 fully saturated rings. The maximum Gasteiger partial charge on any atom is 0.344 e. The third-order valence-electron chi connectivity index (χ3n) is 4.16. The van der Waals surface area contributed by atoms with Gasteiger partial charge in [-0.3, -0.25) is 0 Å². The maximum absolute atomic E-state index is 13.0. The first-order valence-corrected chi connectivity index (χ1v) is 9.00. The highest BCUT2D eigenvalue weighted by Crippen LogP contribution is 2.30. The number of allylic oxidation sites excluding steroid dienone is 1.